The Morgan fingerprint density at radius 1 is 1.11 bits per heavy atom. The number of carboxylic acid groups (broad SMARTS) is 1. The molecule has 0 radical (unpaired) electrons. The van der Waals surface area contributed by atoms with Crippen molar-refractivity contribution in [2.75, 3.05) is 25.0 Å². The van der Waals surface area contributed by atoms with E-state index in [2.05, 4.69) is 10.2 Å². The molecule has 0 saturated carbocycles. The van der Waals surface area contributed by atoms with Crippen molar-refractivity contribution in [1.29, 1.82) is 0 Å². The summed E-state index contributed by atoms with van der Waals surface area (Å²) in [5.74, 6) is -2.37. The number of carbonyl (C=O) groups is 3. The highest BCUT2D eigenvalue weighted by atomic mass is 16.4. The normalized spacial score (nSPS) is 15.9. The fourth-order valence-corrected chi connectivity index (χ4v) is 3.39. The Morgan fingerprint density at radius 2 is 1.79 bits per heavy atom. The fourth-order valence-electron chi connectivity index (χ4n) is 3.39. The van der Waals surface area contributed by atoms with E-state index in [9.17, 15) is 19.5 Å². The molecule has 1 heterocycles. The van der Waals surface area contributed by atoms with Crippen LogP contribution in [0.1, 0.15) is 22.3 Å². The third-order valence-electron chi connectivity index (χ3n) is 5.04. The zero-order chi connectivity index (χ0) is 20.1. The first-order valence-electron chi connectivity index (χ1n) is 9.13. The monoisotopic (exact) mass is 381 g/mol. The van der Waals surface area contributed by atoms with Crippen LogP contribution in [0.5, 0.6) is 0 Å². The Hall–Kier alpha value is -3.35. The molecule has 2 N–H and O–H groups in total. The van der Waals surface area contributed by atoms with Gasteiger partial charge in [-0.05, 0) is 30.2 Å². The van der Waals surface area contributed by atoms with Gasteiger partial charge in [0.2, 0.25) is 0 Å². The number of hydrogen-bond donors (Lipinski definition) is 2. The minimum atomic E-state index is -1.07. The van der Waals surface area contributed by atoms with Crippen LogP contribution in [0.25, 0.3) is 0 Å². The van der Waals surface area contributed by atoms with Gasteiger partial charge in [0, 0.05) is 38.4 Å². The predicted molar refractivity (Wildman–Crippen MR) is 105 cm³/mol. The molecule has 7 heteroatoms. The molecule has 0 spiro atoms. The van der Waals surface area contributed by atoms with Crippen LogP contribution in [0.4, 0.5) is 5.69 Å². The van der Waals surface area contributed by atoms with E-state index < -0.39 is 17.8 Å². The molecule has 1 aliphatic rings. The first kappa shape index (κ1) is 19.4. The number of nitrogens with zero attached hydrogens (tertiary/aromatic N) is 2. The lowest BCUT2D eigenvalue weighted by atomic mass is 10.1. The second-order valence-corrected chi connectivity index (χ2v) is 6.79. The number of carboxylic acids is 1. The maximum atomic E-state index is 12.5. The highest BCUT2D eigenvalue weighted by molar-refractivity contribution is 6.35. The molecule has 0 aliphatic carbocycles. The lowest BCUT2D eigenvalue weighted by Crippen LogP contribution is -2.43. The highest BCUT2D eigenvalue weighted by Gasteiger charge is 2.32. The van der Waals surface area contributed by atoms with Crippen LogP contribution in [0.3, 0.4) is 0 Å². The van der Waals surface area contributed by atoms with E-state index in [0.717, 1.165) is 12.1 Å². The zero-order valence-corrected chi connectivity index (χ0v) is 15.7. The van der Waals surface area contributed by atoms with Crippen LogP contribution in [-0.4, -0.2) is 54.0 Å². The largest absolute Gasteiger partial charge is 0.478 e. The number of benzene rings is 2. The molecule has 28 heavy (non-hydrogen) atoms. The standard InChI is InChI=1S/C21H23N3O4/c1-23(16-8-3-2-4-9-16)17-11-12-24(14-17)20(26)19(25)22-13-15-7-5-6-10-18(15)21(27)28/h2-10,17H,11-14H2,1H3,(H,22,25)(H,27,28). The highest BCUT2D eigenvalue weighted by Crippen LogP contribution is 2.21. The third-order valence-corrected chi connectivity index (χ3v) is 5.04. The molecule has 1 fully saturated rings. The zero-order valence-electron chi connectivity index (χ0n) is 15.7. The van der Waals surface area contributed by atoms with Gasteiger partial charge < -0.3 is 20.2 Å². The molecule has 2 aromatic rings. The minimum Gasteiger partial charge on any atom is -0.478 e. The first-order valence-corrected chi connectivity index (χ1v) is 9.13. The van der Waals surface area contributed by atoms with Gasteiger partial charge in [0.25, 0.3) is 0 Å². The van der Waals surface area contributed by atoms with E-state index in [0.29, 0.717) is 18.7 Å². The molecular weight excluding hydrogens is 358 g/mol. The molecule has 1 atom stereocenters. The molecular formula is C21H23N3O4. The number of anilines is 1. The molecule has 3 rings (SSSR count). The van der Waals surface area contributed by atoms with Gasteiger partial charge in [-0.2, -0.15) is 0 Å². The molecule has 1 saturated heterocycles. The maximum absolute atomic E-state index is 12.5. The lowest BCUT2D eigenvalue weighted by molar-refractivity contribution is -0.145. The average molecular weight is 381 g/mol. The lowest BCUT2D eigenvalue weighted by Gasteiger charge is -2.26. The summed E-state index contributed by atoms with van der Waals surface area (Å²) in [4.78, 5) is 39.6. The Labute approximate surface area is 163 Å². The van der Waals surface area contributed by atoms with Gasteiger partial charge in [0.05, 0.1) is 5.56 Å². The van der Waals surface area contributed by atoms with Crippen LogP contribution in [0.15, 0.2) is 54.6 Å². The number of likely N-dealkylation sites (tertiary alicyclic amines) is 1. The van der Waals surface area contributed by atoms with Gasteiger partial charge in [-0.1, -0.05) is 36.4 Å². The Kier molecular flexibility index (Phi) is 5.93. The second kappa shape index (κ2) is 8.56. The number of nitrogens with one attached hydrogen (secondary N) is 1. The van der Waals surface area contributed by atoms with Crippen LogP contribution in [0, 0.1) is 0 Å². The summed E-state index contributed by atoms with van der Waals surface area (Å²) in [6, 6.07) is 16.5. The van der Waals surface area contributed by atoms with Crippen molar-refractivity contribution >= 4 is 23.5 Å². The maximum Gasteiger partial charge on any atom is 0.336 e. The van der Waals surface area contributed by atoms with Crippen molar-refractivity contribution in [3.8, 4) is 0 Å². The third kappa shape index (κ3) is 4.31. The summed E-state index contributed by atoms with van der Waals surface area (Å²) in [5.41, 5.74) is 1.64. The average Bonchev–Trinajstić information content (AvgIpc) is 3.21. The molecule has 146 valence electrons. The predicted octanol–water partition coefficient (Wildman–Crippen LogP) is 1.74. The number of likely N-dealkylation sites (N-methyl/N-ethyl adjacent to an activating group) is 1. The number of carbonyl (C=O) groups excluding carboxylic acids is 2. The quantitative estimate of drug-likeness (QED) is 0.770. The summed E-state index contributed by atoms with van der Waals surface area (Å²) in [6.07, 6.45) is 0.784. The van der Waals surface area contributed by atoms with E-state index in [4.69, 9.17) is 0 Å². The van der Waals surface area contributed by atoms with Crippen molar-refractivity contribution in [2.45, 2.75) is 19.0 Å². The topological polar surface area (TPSA) is 90.0 Å². The summed E-state index contributed by atoms with van der Waals surface area (Å²) in [6.45, 7) is 0.984. The molecule has 1 unspecified atom stereocenters. The van der Waals surface area contributed by atoms with E-state index in [-0.39, 0.29) is 18.2 Å². The number of rotatable bonds is 5. The van der Waals surface area contributed by atoms with Gasteiger partial charge in [-0.3, -0.25) is 9.59 Å². The summed E-state index contributed by atoms with van der Waals surface area (Å²) >= 11 is 0. The molecule has 2 aromatic carbocycles. The van der Waals surface area contributed by atoms with Gasteiger partial charge in [0.1, 0.15) is 0 Å². The van der Waals surface area contributed by atoms with E-state index in [1.165, 1.54) is 6.07 Å². The van der Waals surface area contributed by atoms with Gasteiger partial charge in [-0.15, -0.1) is 0 Å². The van der Waals surface area contributed by atoms with Crippen molar-refractivity contribution in [2.24, 2.45) is 0 Å². The van der Waals surface area contributed by atoms with Gasteiger partial charge in [-0.25, -0.2) is 4.79 Å². The fraction of sp³-hybridized carbons (Fsp3) is 0.286. The van der Waals surface area contributed by atoms with Gasteiger partial charge in [0.15, 0.2) is 0 Å². The number of hydrogen-bond acceptors (Lipinski definition) is 4. The van der Waals surface area contributed by atoms with Crippen LogP contribution < -0.4 is 10.2 Å². The van der Waals surface area contributed by atoms with E-state index in [1.54, 1.807) is 23.1 Å². The number of aromatic carboxylic acids is 1. The Morgan fingerprint density at radius 3 is 2.50 bits per heavy atom. The molecule has 0 bridgehead atoms. The van der Waals surface area contributed by atoms with Crippen LogP contribution >= 0.6 is 0 Å². The summed E-state index contributed by atoms with van der Waals surface area (Å²) < 4.78 is 0. The SMILES string of the molecule is CN(c1ccccc1)C1CCN(C(=O)C(=O)NCc2ccccc2C(=O)O)C1. The summed E-state index contributed by atoms with van der Waals surface area (Å²) in [5, 5.41) is 11.7. The Bertz CT molecular complexity index is 869. The van der Waals surface area contributed by atoms with E-state index >= 15 is 0 Å². The van der Waals surface area contributed by atoms with Crippen LogP contribution in [-0.2, 0) is 16.1 Å². The smallest absolute Gasteiger partial charge is 0.336 e. The summed E-state index contributed by atoms with van der Waals surface area (Å²) in [7, 11) is 1.98. The number of para-hydroxylation sites is 1. The number of amides is 2. The minimum absolute atomic E-state index is 0.00572. The van der Waals surface area contributed by atoms with Crippen molar-refractivity contribution in [3.05, 3.63) is 65.7 Å². The Balaban J connectivity index is 1.56. The van der Waals surface area contributed by atoms with Crippen LogP contribution in [0.2, 0.25) is 0 Å². The molecule has 1 aliphatic heterocycles. The van der Waals surface area contributed by atoms with E-state index in [1.807, 2.05) is 37.4 Å². The molecule has 7 nitrogen and oxygen atoms in total. The molecule has 2 amide bonds. The van der Waals surface area contributed by atoms with Crippen molar-refractivity contribution in [3.63, 3.8) is 0 Å². The van der Waals surface area contributed by atoms with Crippen molar-refractivity contribution in [1.82, 2.24) is 10.2 Å². The molecule has 0 aromatic heterocycles. The van der Waals surface area contributed by atoms with Gasteiger partial charge >= 0.3 is 17.8 Å². The first-order chi connectivity index (χ1) is 13.5. The van der Waals surface area contributed by atoms with Crippen molar-refractivity contribution < 1.29 is 19.5 Å². The second-order valence-electron chi connectivity index (χ2n) is 6.79.